The predicted octanol–water partition coefficient (Wildman–Crippen LogP) is 2.81. The third kappa shape index (κ3) is 3.44. The molecule has 100 valence electrons. The van der Waals surface area contributed by atoms with Gasteiger partial charge in [0.2, 0.25) is 0 Å². The van der Waals surface area contributed by atoms with Crippen LogP contribution in [0.15, 0.2) is 35.1 Å². The first-order chi connectivity index (χ1) is 9.06. The van der Waals surface area contributed by atoms with Gasteiger partial charge in [-0.2, -0.15) is 0 Å². The van der Waals surface area contributed by atoms with E-state index in [-0.39, 0.29) is 11.5 Å². The van der Waals surface area contributed by atoms with Gasteiger partial charge in [-0.25, -0.2) is 4.98 Å². The van der Waals surface area contributed by atoms with E-state index in [1.54, 1.807) is 0 Å². The SMILES string of the molecule is Cc1ccccc1CNc1cc(=O)[nH]c(C(C)C)n1. The Morgan fingerprint density at radius 1 is 1.32 bits per heavy atom. The third-order valence-corrected chi connectivity index (χ3v) is 3.03. The second-order valence-electron chi connectivity index (χ2n) is 4.95. The monoisotopic (exact) mass is 257 g/mol. The lowest BCUT2D eigenvalue weighted by molar-refractivity contribution is 0.766. The summed E-state index contributed by atoms with van der Waals surface area (Å²) >= 11 is 0. The number of aryl methyl sites for hydroxylation is 1. The van der Waals surface area contributed by atoms with Crippen LogP contribution >= 0.6 is 0 Å². The maximum Gasteiger partial charge on any atom is 0.252 e. The molecule has 1 aromatic heterocycles. The van der Waals surface area contributed by atoms with E-state index < -0.39 is 0 Å². The quantitative estimate of drug-likeness (QED) is 0.885. The lowest BCUT2D eigenvalue weighted by atomic mass is 10.1. The van der Waals surface area contributed by atoms with Crippen LogP contribution in [0.5, 0.6) is 0 Å². The van der Waals surface area contributed by atoms with E-state index in [0.717, 1.165) is 0 Å². The first kappa shape index (κ1) is 13.3. The summed E-state index contributed by atoms with van der Waals surface area (Å²) in [5.41, 5.74) is 2.31. The van der Waals surface area contributed by atoms with Gasteiger partial charge >= 0.3 is 0 Å². The van der Waals surface area contributed by atoms with Crippen LogP contribution in [0, 0.1) is 6.92 Å². The van der Waals surface area contributed by atoms with Crippen molar-refractivity contribution in [2.45, 2.75) is 33.2 Å². The van der Waals surface area contributed by atoms with Crippen molar-refractivity contribution in [3.05, 3.63) is 57.6 Å². The molecule has 0 radical (unpaired) electrons. The van der Waals surface area contributed by atoms with Crippen molar-refractivity contribution in [3.63, 3.8) is 0 Å². The van der Waals surface area contributed by atoms with E-state index in [1.807, 2.05) is 26.0 Å². The van der Waals surface area contributed by atoms with Gasteiger partial charge < -0.3 is 10.3 Å². The largest absolute Gasteiger partial charge is 0.366 e. The van der Waals surface area contributed by atoms with Crippen molar-refractivity contribution in [1.29, 1.82) is 0 Å². The molecule has 0 fully saturated rings. The molecule has 0 saturated carbocycles. The zero-order valence-electron chi connectivity index (χ0n) is 11.5. The summed E-state index contributed by atoms with van der Waals surface area (Å²) in [6, 6.07) is 9.65. The van der Waals surface area contributed by atoms with Gasteiger partial charge in [-0.15, -0.1) is 0 Å². The molecule has 2 aromatic rings. The average Bonchev–Trinajstić information content (AvgIpc) is 2.37. The number of rotatable bonds is 4. The highest BCUT2D eigenvalue weighted by atomic mass is 16.1. The van der Waals surface area contributed by atoms with Gasteiger partial charge in [-0.05, 0) is 18.1 Å². The second-order valence-corrected chi connectivity index (χ2v) is 4.95. The lowest BCUT2D eigenvalue weighted by Crippen LogP contribution is -2.14. The summed E-state index contributed by atoms with van der Waals surface area (Å²) < 4.78 is 0. The van der Waals surface area contributed by atoms with Gasteiger partial charge in [-0.1, -0.05) is 38.1 Å². The number of benzene rings is 1. The number of aromatic amines is 1. The Hall–Kier alpha value is -2.10. The first-order valence-electron chi connectivity index (χ1n) is 6.46. The third-order valence-electron chi connectivity index (χ3n) is 3.03. The highest BCUT2D eigenvalue weighted by molar-refractivity contribution is 5.36. The molecule has 0 aliphatic carbocycles. The van der Waals surface area contributed by atoms with Crippen molar-refractivity contribution in [1.82, 2.24) is 9.97 Å². The standard InChI is InChI=1S/C15H19N3O/c1-10(2)15-17-13(8-14(19)18-15)16-9-12-7-5-4-6-11(12)3/h4-8,10H,9H2,1-3H3,(H2,16,17,18,19). The predicted molar refractivity (Wildman–Crippen MR) is 77.5 cm³/mol. The Labute approximate surface area is 112 Å². The first-order valence-corrected chi connectivity index (χ1v) is 6.46. The molecule has 4 nitrogen and oxygen atoms in total. The summed E-state index contributed by atoms with van der Waals surface area (Å²) in [6.07, 6.45) is 0. The van der Waals surface area contributed by atoms with Gasteiger partial charge in [0.05, 0.1) is 0 Å². The van der Waals surface area contributed by atoms with E-state index in [9.17, 15) is 4.79 Å². The number of hydrogen-bond donors (Lipinski definition) is 2. The van der Waals surface area contributed by atoms with Gasteiger partial charge in [0.1, 0.15) is 11.6 Å². The Morgan fingerprint density at radius 3 is 2.74 bits per heavy atom. The molecule has 0 aliphatic heterocycles. The molecule has 4 heteroatoms. The van der Waals surface area contributed by atoms with E-state index in [4.69, 9.17) is 0 Å². The maximum atomic E-state index is 11.6. The summed E-state index contributed by atoms with van der Waals surface area (Å²) in [6.45, 7) is 6.75. The molecule has 0 spiro atoms. The van der Waals surface area contributed by atoms with Gasteiger partial charge in [0, 0.05) is 18.5 Å². The Kier molecular flexibility index (Phi) is 4.00. The normalized spacial score (nSPS) is 10.7. The van der Waals surface area contributed by atoms with Crippen LogP contribution in [0.1, 0.15) is 36.7 Å². The van der Waals surface area contributed by atoms with Crippen LogP contribution in [0.25, 0.3) is 0 Å². The average molecular weight is 257 g/mol. The number of nitrogens with one attached hydrogen (secondary N) is 2. The molecule has 1 heterocycles. The molecule has 2 rings (SSSR count). The number of hydrogen-bond acceptors (Lipinski definition) is 3. The zero-order chi connectivity index (χ0) is 13.8. The second kappa shape index (κ2) is 5.69. The number of anilines is 1. The smallest absolute Gasteiger partial charge is 0.252 e. The van der Waals surface area contributed by atoms with Crippen LogP contribution in [0.4, 0.5) is 5.82 Å². The number of nitrogens with zero attached hydrogens (tertiary/aromatic N) is 1. The van der Waals surface area contributed by atoms with Gasteiger partial charge in [-0.3, -0.25) is 4.79 Å². The van der Waals surface area contributed by atoms with Crippen molar-refractivity contribution in [2.75, 3.05) is 5.32 Å². The fraction of sp³-hybridized carbons (Fsp3) is 0.333. The fourth-order valence-electron chi connectivity index (χ4n) is 1.83. The van der Waals surface area contributed by atoms with Crippen LogP contribution in [0.3, 0.4) is 0 Å². The van der Waals surface area contributed by atoms with E-state index >= 15 is 0 Å². The van der Waals surface area contributed by atoms with Crippen molar-refractivity contribution >= 4 is 5.82 Å². The van der Waals surface area contributed by atoms with Crippen molar-refractivity contribution < 1.29 is 0 Å². The Balaban J connectivity index is 2.16. The number of H-pyrrole nitrogens is 1. The molecule has 0 bridgehead atoms. The summed E-state index contributed by atoms with van der Waals surface area (Å²) in [5.74, 6) is 1.53. The molecule has 19 heavy (non-hydrogen) atoms. The van der Waals surface area contributed by atoms with Gasteiger partial charge in [0.15, 0.2) is 0 Å². The maximum absolute atomic E-state index is 11.6. The molecule has 0 unspecified atom stereocenters. The minimum atomic E-state index is -0.119. The minimum absolute atomic E-state index is 0.119. The Morgan fingerprint density at radius 2 is 2.05 bits per heavy atom. The summed E-state index contributed by atoms with van der Waals surface area (Å²) in [5, 5.41) is 3.21. The summed E-state index contributed by atoms with van der Waals surface area (Å²) in [7, 11) is 0. The lowest BCUT2D eigenvalue weighted by Gasteiger charge is -2.10. The highest BCUT2D eigenvalue weighted by Gasteiger charge is 2.05. The van der Waals surface area contributed by atoms with Gasteiger partial charge in [0.25, 0.3) is 5.56 Å². The van der Waals surface area contributed by atoms with Crippen LogP contribution in [0.2, 0.25) is 0 Å². The molecule has 2 N–H and O–H groups in total. The van der Waals surface area contributed by atoms with E-state index in [2.05, 4.69) is 34.3 Å². The Bertz CT molecular complexity index is 617. The van der Waals surface area contributed by atoms with Crippen LogP contribution in [-0.2, 0) is 6.54 Å². The molecule has 0 amide bonds. The molecule has 0 aliphatic rings. The van der Waals surface area contributed by atoms with Crippen molar-refractivity contribution in [3.8, 4) is 0 Å². The molecule has 0 atom stereocenters. The van der Waals surface area contributed by atoms with Crippen LogP contribution in [-0.4, -0.2) is 9.97 Å². The topological polar surface area (TPSA) is 57.8 Å². The fourth-order valence-corrected chi connectivity index (χ4v) is 1.83. The molecular weight excluding hydrogens is 238 g/mol. The zero-order valence-corrected chi connectivity index (χ0v) is 11.5. The molecule has 1 aromatic carbocycles. The highest BCUT2D eigenvalue weighted by Crippen LogP contribution is 2.12. The summed E-state index contributed by atoms with van der Waals surface area (Å²) in [4.78, 5) is 18.7. The molecule has 0 saturated heterocycles. The number of aromatic nitrogens is 2. The van der Waals surface area contributed by atoms with Crippen molar-refractivity contribution in [2.24, 2.45) is 0 Å². The minimum Gasteiger partial charge on any atom is -0.366 e. The van der Waals surface area contributed by atoms with Crippen LogP contribution < -0.4 is 10.9 Å². The van der Waals surface area contributed by atoms with E-state index in [1.165, 1.54) is 17.2 Å². The molecular formula is C15H19N3O. The van der Waals surface area contributed by atoms with E-state index in [0.29, 0.717) is 18.2 Å².